The van der Waals surface area contributed by atoms with Crippen LogP contribution in [0.2, 0.25) is 5.02 Å². The highest BCUT2D eigenvalue weighted by molar-refractivity contribution is 6.32. The molecule has 8 nitrogen and oxygen atoms in total. The summed E-state index contributed by atoms with van der Waals surface area (Å²) >= 11 is 6.14. The van der Waals surface area contributed by atoms with E-state index >= 15 is 0 Å². The van der Waals surface area contributed by atoms with Crippen molar-refractivity contribution >= 4 is 40.4 Å². The van der Waals surface area contributed by atoms with Crippen molar-refractivity contribution in [3.63, 3.8) is 0 Å². The largest absolute Gasteiger partial charge is 0.495 e. The number of nitrogens with zero attached hydrogens (tertiary/aromatic N) is 3. The van der Waals surface area contributed by atoms with Gasteiger partial charge in [-0.2, -0.15) is 4.98 Å². The van der Waals surface area contributed by atoms with Gasteiger partial charge in [0, 0.05) is 31.1 Å². The van der Waals surface area contributed by atoms with Crippen LogP contribution in [0.1, 0.15) is 12.0 Å². The van der Waals surface area contributed by atoms with Gasteiger partial charge in [0.1, 0.15) is 5.75 Å². The zero-order chi connectivity index (χ0) is 21.8. The summed E-state index contributed by atoms with van der Waals surface area (Å²) in [6, 6.07) is 10.9. The normalized spacial score (nSPS) is 12.6. The molecule has 0 unspecified atom stereocenters. The van der Waals surface area contributed by atoms with Crippen molar-refractivity contribution in [2.75, 3.05) is 35.9 Å². The number of ether oxygens (including phenoxy) is 1. The molecule has 4 N–H and O–H groups in total. The van der Waals surface area contributed by atoms with Crippen molar-refractivity contribution in [3.8, 4) is 5.75 Å². The van der Waals surface area contributed by atoms with Gasteiger partial charge >= 0.3 is 0 Å². The van der Waals surface area contributed by atoms with Crippen molar-refractivity contribution in [1.82, 2.24) is 15.4 Å². The van der Waals surface area contributed by atoms with E-state index in [0.717, 1.165) is 29.7 Å². The Hall–Kier alpha value is -3.14. The van der Waals surface area contributed by atoms with Gasteiger partial charge in [-0.05, 0) is 42.3 Å². The Kier molecular flexibility index (Phi) is 6.36. The highest BCUT2D eigenvalue weighted by Crippen LogP contribution is 2.31. The van der Waals surface area contributed by atoms with Crippen LogP contribution in [-0.4, -0.2) is 35.3 Å². The van der Waals surface area contributed by atoms with Crippen molar-refractivity contribution < 1.29 is 14.2 Å². The van der Waals surface area contributed by atoms with E-state index in [1.165, 1.54) is 7.11 Å². The van der Waals surface area contributed by atoms with Gasteiger partial charge in [-0.25, -0.2) is 14.8 Å². The molecule has 0 aliphatic carbocycles. The summed E-state index contributed by atoms with van der Waals surface area (Å²) in [7, 11) is 1.53. The number of rotatable bonds is 8. The molecule has 4 rings (SSSR count). The van der Waals surface area contributed by atoms with E-state index in [2.05, 4.69) is 26.0 Å². The third-order valence-corrected chi connectivity index (χ3v) is 5.09. The molecule has 0 bridgehead atoms. The van der Waals surface area contributed by atoms with Crippen LogP contribution in [-0.2, 0) is 6.54 Å². The molecule has 31 heavy (non-hydrogen) atoms. The van der Waals surface area contributed by atoms with Crippen LogP contribution >= 0.6 is 11.6 Å². The number of anilines is 5. The molecule has 1 aromatic heterocycles. The predicted molar refractivity (Wildman–Crippen MR) is 119 cm³/mol. The summed E-state index contributed by atoms with van der Waals surface area (Å²) in [5.41, 5.74) is 6.80. The van der Waals surface area contributed by atoms with Crippen LogP contribution in [0.5, 0.6) is 5.75 Å². The van der Waals surface area contributed by atoms with Crippen LogP contribution in [0.25, 0.3) is 0 Å². The first-order valence-electron chi connectivity index (χ1n) is 9.72. The molecule has 0 amide bonds. The first-order valence-corrected chi connectivity index (χ1v) is 10.1. The Morgan fingerprint density at radius 1 is 1.23 bits per heavy atom. The number of halogens is 2. The smallest absolute Gasteiger partial charge is 0.229 e. The van der Waals surface area contributed by atoms with Crippen LogP contribution in [0, 0.1) is 5.82 Å². The van der Waals surface area contributed by atoms with Crippen LogP contribution in [0.15, 0.2) is 42.6 Å². The van der Waals surface area contributed by atoms with Crippen molar-refractivity contribution in [1.29, 1.82) is 0 Å². The second kappa shape index (κ2) is 9.34. The number of nitrogens with one attached hydrogen (secondary N) is 3. The molecule has 1 aliphatic rings. The molecule has 1 aliphatic heterocycles. The average Bonchev–Trinajstić information content (AvgIpc) is 3.17. The lowest BCUT2D eigenvalue weighted by Gasteiger charge is -2.19. The maximum absolute atomic E-state index is 14.3. The Morgan fingerprint density at radius 2 is 2.03 bits per heavy atom. The average molecular weight is 445 g/mol. The van der Waals surface area contributed by atoms with E-state index in [4.69, 9.17) is 21.4 Å². The summed E-state index contributed by atoms with van der Waals surface area (Å²) in [5, 5.41) is 17.5. The molecule has 0 fully saturated rings. The predicted octanol–water partition coefficient (Wildman–Crippen LogP) is 3.97. The fraction of sp³-hybridized carbons (Fsp3) is 0.238. The van der Waals surface area contributed by atoms with Crippen LogP contribution in [0.4, 0.5) is 33.2 Å². The van der Waals surface area contributed by atoms with E-state index in [1.54, 1.807) is 18.2 Å². The highest BCUT2D eigenvalue weighted by Gasteiger charge is 2.19. The van der Waals surface area contributed by atoms with Crippen LogP contribution < -0.4 is 25.8 Å². The summed E-state index contributed by atoms with van der Waals surface area (Å²) < 4.78 is 19.4. The summed E-state index contributed by atoms with van der Waals surface area (Å²) in [6.07, 6.45) is 1.76. The molecule has 0 radical (unpaired) electrons. The minimum absolute atomic E-state index is 0.0196. The van der Waals surface area contributed by atoms with Crippen LogP contribution in [0.3, 0.4) is 0 Å². The summed E-state index contributed by atoms with van der Waals surface area (Å²) in [4.78, 5) is 8.29. The third kappa shape index (κ3) is 4.79. The Balaban J connectivity index is 1.52. The lowest BCUT2D eigenvalue weighted by atomic mass is 10.1. The van der Waals surface area contributed by atoms with Crippen molar-refractivity contribution in [2.45, 2.75) is 13.0 Å². The number of aliphatic hydroxyl groups excluding tert-OH is 1. The molecule has 2 heterocycles. The van der Waals surface area contributed by atoms with E-state index in [1.807, 2.05) is 23.2 Å². The minimum atomic E-state index is -0.592. The van der Waals surface area contributed by atoms with Gasteiger partial charge in [0.05, 0.1) is 24.0 Å². The molecule has 0 spiro atoms. The maximum atomic E-state index is 14.3. The number of methoxy groups -OCH3 is 1. The van der Waals surface area contributed by atoms with Crippen molar-refractivity contribution in [2.24, 2.45) is 0 Å². The van der Waals surface area contributed by atoms with Gasteiger partial charge in [0.2, 0.25) is 5.95 Å². The van der Waals surface area contributed by atoms with Gasteiger partial charge < -0.3 is 25.5 Å². The first-order chi connectivity index (χ1) is 15.1. The molecular weight excluding hydrogens is 423 g/mol. The number of aromatic nitrogens is 2. The monoisotopic (exact) mass is 444 g/mol. The third-order valence-electron chi connectivity index (χ3n) is 4.79. The van der Waals surface area contributed by atoms with Gasteiger partial charge in [-0.15, -0.1) is 0 Å². The molecule has 0 atom stereocenters. The molecule has 0 saturated heterocycles. The maximum Gasteiger partial charge on any atom is 0.229 e. The lowest BCUT2D eigenvalue weighted by Crippen LogP contribution is -2.33. The van der Waals surface area contributed by atoms with E-state index < -0.39 is 5.82 Å². The Bertz CT molecular complexity index is 1080. The van der Waals surface area contributed by atoms with E-state index in [0.29, 0.717) is 29.4 Å². The van der Waals surface area contributed by atoms with Crippen molar-refractivity contribution in [3.05, 3.63) is 59.0 Å². The standard InChI is InChI=1S/C21H22ClFN6O2/c1-31-19-6-5-14(9-16(19)22)26-20-17(23)12-24-21(28-20)27-15-4-3-13-11-25-29(7-2-8-30)18(13)10-15/h3-6,9-10,12,25,30H,2,7-8,11H2,1H3,(H2,24,26,27,28). The summed E-state index contributed by atoms with van der Waals surface area (Å²) in [6.45, 7) is 1.55. The lowest BCUT2D eigenvalue weighted by molar-refractivity contribution is 0.288. The molecule has 2 aromatic carbocycles. The second-order valence-corrected chi connectivity index (χ2v) is 7.30. The number of aliphatic hydroxyl groups is 1. The molecule has 0 saturated carbocycles. The molecule has 10 heteroatoms. The Labute approximate surface area is 184 Å². The molecule has 162 valence electrons. The quantitative estimate of drug-likeness (QED) is 0.414. The Morgan fingerprint density at radius 3 is 2.81 bits per heavy atom. The zero-order valence-corrected chi connectivity index (χ0v) is 17.6. The second-order valence-electron chi connectivity index (χ2n) is 6.90. The zero-order valence-electron chi connectivity index (χ0n) is 16.8. The van der Waals surface area contributed by atoms with Gasteiger partial charge in [0.25, 0.3) is 0 Å². The first kappa shape index (κ1) is 21.1. The molecule has 3 aromatic rings. The fourth-order valence-corrected chi connectivity index (χ4v) is 3.52. The van der Waals surface area contributed by atoms with Gasteiger partial charge in [-0.3, -0.25) is 0 Å². The number of hydrogen-bond acceptors (Lipinski definition) is 8. The number of hydrogen-bond donors (Lipinski definition) is 4. The number of fused-ring (bicyclic) bond motifs is 1. The SMILES string of the molecule is COc1ccc(Nc2nc(Nc3ccc4c(c3)N(CCCO)NC4)ncc2F)cc1Cl. The van der Waals surface area contributed by atoms with Gasteiger partial charge in [-0.1, -0.05) is 17.7 Å². The van der Waals surface area contributed by atoms with E-state index in [9.17, 15) is 4.39 Å². The number of hydrazine groups is 1. The highest BCUT2D eigenvalue weighted by atomic mass is 35.5. The van der Waals surface area contributed by atoms with E-state index in [-0.39, 0.29) is 18.4 Å². The number of benzene rings is 2. The minimum Gasteiger partial charge on any atom is -0.495 e. The topological polar surface area (TPSA) is 94.6 Å². The molecular formula is C21H22ClFN6O2. The van der Waals surface area contributed by atoms with Gasteiger partial charge in [0.15, 0.2) is 11.6 Å². The summed E-state index contributed by atoms with van der Waals surface area (Å²) in [5.74, 6) is 0.199. The fourth-order valence-electron chi connectivity index (χ4n) is 3.26.